The number of likely N-dealkylation sites (tertiary alicyclic amines) is 1. The molecule has 1 saturated heterocycles. The number of carbonyl (C=O) groups is 1. The van der Waals surface area contributed by atoms with Gasteiger partial charge in [-0.05, 0) is 6.07 Å². The Bertz CT molecular complexity index is 846. The molecule has 12 heteroatoms. The lowest BCUT2D eigenvalue weighted by molar-refractivity contribution is -0.141. The molecule has 0 radical (unpaired) electrons. The van der Waals surface area contributed by atoms with Crippen LogP contribution < -0.4 is 4.74 Å². The van der Waals surface area contributed by atoms with E-state index in [2.05, 4.69) is 15.1 Å². The summed E-state index contributed by atoms with van der Waals surface area (Å²) < 4.78 is 70.7. The summed E-state index contributed by atoms with van der Waals surface area (Å²) in [6.45, 7) is 0.389. The molecular weight excluding hydrogens is 389 g/mol. The smallest absolute Gasteiger partial charge is 0.433 e. The van der Waals surface area contributed by atoms with Crippen molar-refractivity contribution in [2.24, 2.45) is 7.05 Å². The molecule has 0 unspecified atom stereocenters. The maximum absolute atomic E-state index is 13.0. The maximum Gasteiger partial charge on any atom is 0.433 e. The predicted octanol–water partition coefficient (Wildman–Crippen LogP) is 2.85. The van der Waals surface area contributed by atoms with Crippen molar-refractivity contribution >= 4 is 5.91 Å². The van der Waals surface area contributed by atoms with Gasteiger partial charge in [-0.3, -0.25) is 9.48 Å². The van der Waals surface area contributed by atoms with Crippen molar-refractivity contribution in [3.8, 4) is 6.01 Å². The van der Waals surface area contributed by atoms with Crippen LogP contribution in [-0.2, 0) is 13.2 Å². The number of rotatable bonds is 4. The second-order valence-electron chi connectivity index (χ2n) is 6.23. The van der Waals surface area contributed by atoms with Gasteiger partial charge in [-0.2, -0.15) is 23.3 Å². The molecule has 0 N–H and O–H groups in total. The third kappa shape index (κ3) is 4.37. The van der Waals surface area contributed by atoms with Gasteiger partial charge < -0.3 is 9.64 Å². The normalized spacial score (nSPS) is 15.9. The molecule has 0 atom stereocenters. The molecule has 7 nitrogen and oxygen atoms in total. The number of alkyl halides is 5. The number of halogens is 5. The Hall–Kier alpha value is -2.79. The topological polar surface area (TPSA) is 73.1 Å². The van der Waals surface area contributed by atoms with Gasteiger partial charge >= 0.3 is 12.2 Å². The zero-order chi connectivity index (χ0) is 20.5. The second kappa shape index (κ2) is 7.68. The minimum atomic E-state index is -4.61. The van der Waals surface area contributed by atoms with E-state index in [-0.39, 0.29) is 18.7 Å². The van der Waals surface area contributed by atoms with Crippen LogP contribution in [0.5, 0.6) is 6.01 Å². The first-order valence-corrected chi connectivity index (χ1v) is 8.33. The Balaban J connectivity index is 1.61. The highest BCUT2D eigenvalue weighted by molar-refractivity contribution is 5.95. The van der Waals surface area contributed by atoms with E-state index in [9.17, 15) is 26.7 Å². The monoisotopic (exact) mass is 405 g/mol. The summed E-state index contributed by atoms with van der Waals surface area (Å²) in [6, 6.07) is 0.342. The summed E-state index contributed by atoms with van der Waals surface area (Å²) >= 11 is 0. The zero-order valence-electron chi connectivity index (χ0n) is 14.7. The highest BCUT2D eigenvalue weighted by Gasteiger charge is 2.34. The van der Waals surface area contributed by atoms with E-state index in [4.69, 9.17) is 4.74 Å². The molecule has 1 aliphatic heterocycles. The van der Waals surface area contributed by atoms with Gasteiger partial charge in [0.2, 0.25) is 0 Å². The van der Waals surface area contributed by atoms with Gasteiger partial charge in [0, 0.05) is 45.4 Å². The zero-order valence-corrected chi connectivity index (χ0v) is 14.7. The van der Waals surface area contributed by atoms with Crippen molar-refractivity contribution in [1.29, 1.82) is 0 Å². The van der Waals surface area contributed by atoms with Crippen LogP contribution in [0, 0.1) is 0 Å². The van der Waals surface area contributed by atoms with Crippen LogP contribution >= 0.6 is 0 Å². The highest BCUT2D eigenvalue weighted by atomic mass is 19.4. The van der Waals surface area contributed by atoms with Crippen LogP contribution in [0.3, 0.4) is 0 Å². The minimum absolute atomic E-state index is 0.168. The first kappa shape index (κ1) is 20.0. The fraction of sp³-hybridized carbons (Fsp3) is 0.500. The van der Waals surface area contributed by atoms with Gasteiger partial charge in [0.15, 0.2) is 5.69 Å². The number of hydrogen-bond donors (Lipinski definition) is 0. The van der Waals surface area contributed by atoms with E-state index < -0.39 is 42.0 Å². The molecule has 0 bridgehead atoms. The molecule has 2 aromatic heterocycles. The van der Waals surface area contributed by atoms with Crippen molar-refractivity contribution in [1.82, 2.24) is 24.6 Å². The molecule has 0 spiro atoms. The van der Waals surface area contributed by atoms with Gasteiger partial charge in [-0.1, -0.05) is 0 Å². The standard InChI is InChI=1S/C16H16F5N5O2/c1-25-8-10(12(24-25)13(17)18)14(27)26-6-3-9(4-7-26)28-15-22-5-2-11(23-15)16(19,20)21/h2,5,8-9,13H,3-4,6-7H2,1H3. The Morgan fingerprint density at radius 1 is 1.29 bits per heavy atom. The number of aryl methyl sites for hydroxylation is 1. The molecule has 3 rings (SSSR count). The molecule has 2 aromatic rings. The predicted molar refractivity (Wildman–Crippen MR) is 84.8 cm³/mol. The van der Waals surface area contributed by atoms with Crippen molar-refractivity contribution in [3.63, 3.8) is 0 Å². The Morgan fingerprint density at radius 3 is 2.57 bits per heavy atom. The number of ether oxygens (including phenoxy) is 1. The third-order valence-corrected chi connectivity index (χ3v) is 4.22. The molecule has 3 heterocycles. The molecule has 28 heavy (non-hydrogen) atoms. The average Bonchev–Trinajstić information content (AvgIpc) is 3.03. The number of carbonyl (C=O) groups excluding carboxylic acids is 1. The number of amides is 1. The van der Waals surface area contributed by atoms with Crippen molar-refractivity contribution in [3.05, 3.63) is 35.4 Å². The van der Waals surface area contributed by atoms with Gasteiger partial charge in [-0.15, -0.1) is 0 Å². The number of piperidine rings is 1. The summed E-state index contributed by atoms with van der Waals surface area (Å²) in [4.78, 5) is 20.9. The molecule has 0 saturated carbocycles. The first-order valence-electron chi connectivity index (χ1n) is 8.33. The highest BCUT2D eigenvalue weighted by Crippen LogP contribution is 2.29. The molecule has 1 amide bonds. The molecule has 152 valence electrons. The van der Waals surface area contributed by atoms with E-state index in [1.807, 2.05) is 0 Å². The van der Waals surface area contributed by atoms with Crippen molar-refractivity contribution in [2.75, 3.05) is 13.1 Å². The van der Waals surface area contributed by atoms with Gasteiger partial charge in [0.1, 0.15) is 11.8 Å². The fourth-order valence-corrected chi connectivity index (χ4v) is 2.88. The minimum Gasteiger partial charge on any atom is -0.460 e. The lowest BCUT2D eigenvalue weighted by atomic mass is 10.1. The number of nitrogens with zero attached hydrogens (tertiary/aromatic N) is 5. The van der Waals surface area contributed by atoms with Crippen LogP contribution in [-0.4, -0.2) is 49.7 Å². The summed E-state index contributed by atoms with van der Waals surface area (Å²) in [5, 5.41) is 3.61. The van der Waals surface area contributed by atoms with Gasteiger partial charge in [-0.25, -0.2) is 13.8 Å². The van der Waals surface area contributed by atoms with E-state index in [0.29, 0.717) is 12.8 Å². The van der Waals surface area contributed by atoms with Gasteiger partial charge in [0.25, 0.3) is 12.3 Å². The van der Waals surface area contributed by atoms with Crippen LogP contribution in [0.2, 0.25) is 0 Å². The quantitative estimate of drug-likeness (QED) is 0.732. The Morgan fingerprint density at radius 2 is 1.96 bits per heavy atom. The van der Waals surface area contributed by atoms with Crippen LogP contribution in [0.1, 0.15) is 41.0 Å². The molecule has 0 aromatic carbocycles. The van der Waals surface area contributed by atoms with Crippen molar-refractivity contribution < 1.29 is 31.5 Å². The summed E-state index contributed by atoms with van der Waals surface area (Å²) in [5.41, 5.74) is -1.86. The lowest BCUT2D eigenvalue weighted by Crippen LogP contribution is -2.42. The van der Waals surface area contributed by atoms with Crippen LogP contribution in [0.25, 0.3) is 0 Å². The summed E-state index contributed by atoms with van der Waals surface area (Å²) in [6.07, 6.45) is -5.18. The van der Waals surface area contributed by atoms with Crippen LogP contribution in [0.4, 0.5) is 22.0 Å². The fourth-order valence-electron chi connectivity index (χ4n) is 2.88. The van der Waals surface area contributed by atoms with Crippen molar-refractivity contribution in [2.45, 2.75) is 31.5 Å². The lowest BCUT2D eigenvalue weighted by Gasteiger charge is -2.31. The van der Waals surface area contributed by atoms with E-state index in [0.717, 1.165) is 16.9 Å². The Kier molecular flexibility index (Phi) is 5.47. The molecule has 1 aliphatic rings. The molecular formula is C16H16F5N5O2. The van der Waals surface area contributed by atoms with E-state index in [1.54, 1.807) is 0 Å². The second-order valence-corrected chi connectivity index (χ2v) is 6.23. The van der Waals surface area contributed by atoms with Crippen LogP contribution in [0.15, 0.2) is 18.5 Å². The van der Waals surface area contributed by atoms with E-state index in [1.165, 1.54) is 18.1 Å². The largest absolute Gasteiger partial charge is 0.460 e. The third-order valence-electron chi connectivity index (χ3n) is 4.22. The number of hydrogen-bond acceptors (Lipinski definition) is 5. The first-order chi connectivity index (χ1) is 13.1. The summed E-state index contributed by atoms with van der Waals surface area (Å²) in [7, 11) is 1.44. The average molecular weight is 405 g/mol. The van der Waals surface area contributed by atoms with Gasteiger partial charge in [0.05, 0.1) is 5.56 Å². The summed E-state index contributed by atoms with van der Waals surface area (Å²) in [5.74, 6) is -0.572. The molecule has 0 aliphatic carbocycles. The number of aromatic nitrogens is 4. The Labute approximate surface area is 156 Å². The molecule has 1 fully saturated rings. The SMILES string of the molecule is Cn1cc(C(=O)N2CCC(Oc3nccc(C(F)(F)F)n3)CC2)c(C(F)F)n1. The maximum atomic E-state index is 13.0. The van der Waals surface area contributed by atoms with E-state index >= 15 is 0 Å².